The van der Waals surface area contributed by atoms with Crippen LogP contribution in [0.3, 0.4) is 0 Å². The first kappa shape index (κ1) is 21.7. The van der Waals surface area contributed by atoms with E-state index in [9.17, 15) is 4.79 Å². The van der Waals surface area contributed by atoms with Crippen molar-refractivity contribution in [3.8, 4) is 18.0 Å². The number of nitrogens with one attached hydrogen (secondary N) is 1. The Bertz CT molecular complexity index is 1400. The highest BCUT2D eigenvalue weighted by Crippen LogP contribution is 2.23. The first-order valence-electron chi connectivity index (χ1n) is 11.5. The van der Waals surface area contributed by atoms with Crippen LogP contribution in [0.5, 0.6) is 0 Å². The molecule has 0 aliphatic carbocycles. The van der Waals surface area contributed by atoms with E-state index in [1.165, 1.54) is 11.8 Å². The summed E-state index contributed by atoms with van der Waals surface area (Å²) in [7, 11) is 0. The van der Waals surface area contributed by atoms with Gasteiger partial charge in [0.05, 0.1) is 11.1 Å². The number of pyridine rings is 1. The molecule has 0 bridgehead atoms. The first-order valence-corrected chi connectivity index (χ1v) is 11.5. The molecule has 5 rings (SSSR count). The second-order valence-corrected chi connectivity index (χ2v) is 8.24. The molecule has 3 heterocycles. The Balaban J connectivity index is 1.45. The van der Waals surface area contributed by atoms with Crippen molar-refractivity contribution in [3.63, 3.8) is 0 Å². The number of benzene rings is 2. The van der Waals surface area contributed by atoms with E-state index in [2.05, 4.69) is 50.1 Å². The average molecular weight is 451 g/mol. The predicted molar refractivity (Wildman–Crippen MR) is 137 cm³/mol. The molecule has 2 aromatic carbocycles. The molecule has 7 heteroatoms. The quantitative estimate of drug-likeness (QED) is 0.468. The predicted octanol–water partition coefficient (Wildman–Crippen LogP) is 3.65. The molecule has 0 saturated carbocycles. The Morgan fingerprint density at radius 3 is 2.41 bits per heavy atom. The average Bonchev–Trinajstić information content (AvgIpc) is 2.89. The lowest BCUT2D eigenvalue weighted by Crippen LogP contribution is -2.46. The number of terminal acetylenes is 1. The first-order chi connectivity index (χ1) is 16.7. The number of hydrogen-bond acceptors (Lipinski definition) is 6. The van der Waals surface area contributed by atoms with Crippen LogP contribution >= 0.6 is 0 Å². The molecule has 1 saturated heterocycles. The van der Waals surface area contributed by atoms with Gasteiger partial charge in [0, 0.05) is 55.4 Å². The number of hydrogen-bond donors (Lipinski definition) is 1. The van der Waals surface area contributed by atoms with Gasteiger partial charge < -0.3 is 15.1 Å². The van der Waals surface area contributed by atoms with Crippen LogP contribution in [0.25, 0.3) is 16.7 Å². The Labute approximate surface area is 198 Å². The van der Waals surface area contributed by atoms with Crippen LogP contribution in [0.4, 0.5) is 17.3 Å². The fraction of sp³-hybridized carbons (Fsp3) is 0.222. The molecule has 0 radical (unpaired) electrons. The summed E-state index contributed by atoms with van der Waals surface area (Å²) in [6, 6.07) is 19.1. The van der Waals surface area contributed by atoms with Gasteiger partial charge in [-0.15, -0.1) is 6.42 Å². The highest BCUT2D eigenvalue weighted by atomic mass is 16.1. The number of rotatable bonds is 5. The minimum absolute atomic E-state index is 0.233. The van der Waals surface area contributed by atoms with Crippen LogP contribution in [-0.2, 0) is 0 Å². The van der Waals surface area contributed by atoms with E-state index in [0.717, 1.165) is 44.1 Å². The lowest BCUT2D eigenvalue weighted by molar-refractivity contribution is 0.271. The topological polar surface area (TPSA) is 66.3 Å². The van der Waals surface area contributed by atoms with Gasteiger partial charge in [-0.3, -0.25) is 9.36 Å². The summed E-state index contributed by atoms with van der Waals surface area (Å²) in [5, 5.41) is 3.91. The van der Waals surface area contributed by atoms with Crippen molar-refractivity contribution in [1.29, 1.82) is 0 Å². The molecular formula is C27H26N6O. The number of para-hydroxylation sites is 1. The molecule has 0 unspecified atom stereocenters. The zero-order chi connectivity index (χ0) is 23.5. The van der Waals surface area contributed by atoms with E-state index in [1.807, 2.05) is 42.5 Å². The monoisotopic (exact) mass is 450 g/mol. The van der Waals surface area contributed by atoms with Crippen molar-refractivity contribution in [2.45, 2.75) is 6.92 Å². The Morgan fingerprint density at radius 1 is 1.00 bits per heavy atom. The molecule has 1 N–H and O–H groups in total. The van der Waals surface area contributed by atoms with Gasteiger partial charge in [-0.05, 0) is 42.9 Å². The van der Waals surface area contributed by atoms with E-state index in [0.29, 0.717) is 22.5 Å². The number of nitrogens with zero attached hydrogens (tertiary/aromatic N) is 5. The third kappa shape index (κ3) is 4.24. The molecule has 170 valence electrons. The van der Waals surface area contributed by atoms with Crippen LogP contribution in [0.15, 0.2) is 71.7 Å². The Morgan fingerprint density at radius 2 is 1.74 bits per heavy atom. The van der Waals surface area contributed by atoms with Crippen LogP contribution in [0.2, 0.25) is 0 Å². The van der Waals surface area contributed by atoms with Crippen molar-refractivity contribution in [1.82, 2.24) is 19.4 Å². The van der Waals surface area contributed by atoms with E-state index < -0.39 is 0 Å². The lowest BCUT2D eigenvalue weighted by Gasteiger charge is -2.35. The minimum atomic E-state index is -0.233. The van der Waals surface area contributed by atoms with Crippen LogP contribution in [-0.4, -0.2) is 52.2 Å². The molecule has 4 aromatic rings. The standard InChI is InChI=1S/C27H26N6O/c1-3-20-18-25(34)33(23-8-6-5-7-9-23)26-24(20)19-28-27(30-26)29-21-10-12-22(13-11-21)32-16-14-31(4-2)15-17-32/h1,5-13,18-19H,4,14-17H2,2H3,(H,28,29,30). The minimum Gasteiger partial charge on any atom is -0.369 e. The molecule has 1 aliphatic heterocycles. The smallest absolute Gasteiger partial charge is 0.258 e. The molecule has 7 nitrogen and oxygen atoms in total. The third-order valence-corrected chi connectivity index (χ3v) is 6.24. The summed E-state index contributed by atoms with van der Waals surface area (Å²) in [6.07, 6.45) is 7.32. The van der Waals surface area contributed by atoms with Gasteiger partial charge in [0.2, 0.25) is 5.95 Å². The van der Waals surface area contributed by atoms with Gasteiger partial charge in [0.1, 0.15) is 0 Å². The molecular weight excluding hydrogens is 424 g/mol. The third-order valence-electron chi connectivity index (χ3n) is 6.24. The zero-order valence-electron chi connectivity index (χ0n) is 19.1. The van der Waals surface area contributed by atoms with Crippen molar-refractivity contribution < 1.29 is 0 Å². The number of anilines is 3. The van der Waals surface area contributed by atoms with Gasteiger partial charge in [0.25, 0.3) is 5.56 Å². The maximum Gasteiger partial charge on any atom is 0.258 e. The summed E-state index contributed by atoms with van der Waals surface area (Å²) in [5.41, 5.74) is 3.51. The van der Waals surface area contributed by atoms with Crippen molar-refractivity contribution >= 4 is 28.4 Å². The summed E-state index contributed by atoms with van der Waals surface area (Å²) in [5.74, 6) is 2.98. The maximum absolute atomic E-state index is 12.9. The fourth-order valence-corrected chi connectivity index (χ4v) is 4.32. The highest BCUT2D eigenvalue weighted by molar-refractivity contribution is 5.84. The van der Waals surface area contributed by atoms with E-state index in [-0.39, 0.29) is 5.56 Å². The largest absolute Gasteiger partial charge is 0.369 e. The molecule has 0 amide bonds. The molecule has 1 aliphatic rings. The fourth-order valence-electron chi connectivity index (χ4n) is 4.32. The highest BCUT2D eigenvalue weighted by Gasteiger charge is 2.16. The lowest BCUT2D eigenvalue weighted by atomic mass is 10.2. The van der Waals surface area contributed by atoms with Gasteiger partial charge in [0.15, 0.2) is 5.65 Å². The van der Waals surface area contributed by atoms with Crippen LogP contribution < -0.4 is 15.8 Å². The number of likely N-dealkylation sites (N-methyl/N-ethyl adjacent to an activating group) is 1. The second kappa shape index (κ2) is 9.38. The summed E-state index contributed by atoms with van der Waals surface area (Å²) in [6.45, 7) is 7.54. The van der Waals surface area contributed by atoms with Crippen LogP contribution in [0, 0.1) is 12.3 Å². The van der Waals surface area contributed by atoms with E-state index >= 15 is 0 Å². The molecule has 1 fully saturated rings. The van der Waals surface area contributed by atoms with Crippen LogP contribution in [0.1, 0.15) is 12.5 Å². The summed E-state index contributed by atoms with van der Waals surface area (Å²) in [4.78, 5) is 26.9. The SMILES string of the molecule is C#Cc1cc(=O)n(-c2ccccc2)c2nc(Nc3ccc(N4CCN(CC)CC4)cc3)ncc12. The molecule has 0 atom stereocenters. The molecule has 2 aromatic heterocycles. The maximum atomic E-state index is 12.9. The van der Waals surface area contributed by atoms with Gasteiger partial charge in [-0.25, -0.2) is 4.98 Å². The molecule has 34 heavy (non-hydrogen) atoms. The van der Waals surface area contributed by atoms with E-state index in [1.54, 1.807) is 10.8 Å². The van der Waals surface area contributed by atoms with Crippen molar-refractivity contribution in [2.24, 2.45) is 0 Å². The number of aromatic nitrogens is 3. The van der Waals surface area contributed by atoms with Gasteiger partial charge >= 0.3 is 0 Å². The van der Waals surface area contributed by atoms with Gasteiger partial charge in [-0.1, -0.05) is 31.0 Å². The van der Waals surface area contributed by atoms with Crippen molar-refractivity contribution in [3.05, 3.63) is 82.8 Å². The van der Waals surface area contributed by atoms with Crippen molar-refractivity contribution in [2.75, 3.05) is 42.9 Å². The Kier molecular flexibility index (Phi) is 5.98. The molecule has 0 spiro atoms. The summed E-state index contributed by atoms with van der Waals surface area (Å²) < 4.78 is 1.56. The van der Waals surface area contributed by atoms with E-state index in [4.69, 9.17) is 6.42 Å². The summed E-state index contributed by atoms with van der Waals surface area (Å²) >= 11 is 0. The number of piperazine rings is 1. The Hall–Kier alpha value is -4.15. The second-order valence-electron chi connectivity index (χ2n) is 8.24. The number of fused-ring (bicyclic) bond motifs is 1. The van der Waals surface area contributed by atoms with Gasteiger partial charge in [-0.2, -0.15) is 4.98 Å². The normalized spacial score (nSPS) is 14.2. The zero-order valence-corrected chi connectivity index (χ0v) is 19.1.